The van der Waals surface area contributed by atoms with Crippen LogP contribution in [0, 0.1) is 30.1 Å². The quantitative estimate of drug-likeness (QED) is 0.861. The number of nitrogens with zero attached hydrogens (tertiary/aromatic N) is 2. The van der Waals surface area contributed by atoms with Crippen molar-refractivity contribution in [3.8, 4) is 0 Å². The highest BCUT2D eigenvalue weighted by Crippen LogP contribution is 2.60. The molecule has 4 saturated carbocycles. The normalized spacial score (nSPS) is 39.7. The maximum Gasteiger partial charge on any atom is 0.410 e. The van der Waals surface area contributed by atoms with E-state index in [-0.39, 0.29) is 23.5 Å². The van der Waals surface area contributed by atoms with E-state index in [4.69, 9.17) is 10.5 Å². The Morgan fingerprint density at radius 3 is 2.67 bits per heavy atom. The van der Waals surface area contributed by atoms with Gasteiger partial charge in [-0.1, -0.05) is 0 Å². The number of hydrogen-bond donors (Lipinski definition) is 1. The molecule has 2 amide bonds. The minimum atomic E-state index is -0.332. The summed E-state index contributed by atoms with van der Waals surface area (Å²) in [6.07, 6.45) is 5.42. The van der Waals surface area contributed by atoms with Crippen molar-refractivity contribution in [1.82, 2.24) is 9.88 Å². The fourth-order valence-corrected chi connectivity index (χ4v) is 7.28. The number of thiazole rings is 1. The molecule has 2 heterocycles. The van der Waals surface area contributed by atoms with Gasteiger partial charge in [0.05, 0.1) is 10.4 Å². The highest BCUT2D eigenvalue weighted by Gasteiger charge is 2.59. The summed E-state index contributed by atoms with van der Waals surface area (Å²) >= 11 is 1.68. The lowest BCUT2D eigenvalue weighted by atomic mass is 9.48. The van der Waals surface area contributed by atoms with Crippen molar-refractivity contribution in [2.75, 3.05) is 13.1 Å². The topological polar surface area (TPSA) is 85.5 Å². The second kappa shape index (κ2) is 6.19. The summed E-state index contributed by atoms with van der Waals surface area (Å²) in [6.45, 7) is 3.44. The predicted octanol–water partition coefficient (Wildman–Crippen LogP) is 3.06. The van der Waals surface area contributed by atoms with E-state index >= 15 is 0 Å². The molecule has 4 aliphatic carbocycles. The number of carbonyl (C=O) groups excluding carboxylic acids is 2. The predicted molar refractivity (Wildman–Crippen MR) is 101 cm³/mol. The van der Waals surface area contributed by atoms with Crippen molar-refractivity contribution in [2.24, 2.45) is 28.9 Å². The van der Waals surface area contributed by atoms with Gasteiger partial charge < -0.3 is 15.4 Å². The van der Waals surface area contributed by atoms with Crippen LogP contribution in [0.1, 0.15) is 55.1 Å². The molecule has 1 aromatic heterocycles. The van der Waals surface area contributed by atoms with E-state index in [1.807, 2.05) is 11.8 Å². The molecular formula is C20H27N3O3S. The number of rotatable bonds is 3. The Balaban J connectivity index is 1.24. The Kier molecular flexibility index (Phi) is 4.00. The molecule has 0 spiro atoms. The summed E-state index contributed by atoms with van der Waals surface area (Å²) in [5.74, 6) is 1.36. The van der Waals surface area contributed by atoms with E-state index in [0.717, 1.165) is 55.8 Å². The molecular weight excluding hydrogens is 362 g/mol. The van der Waals surface area contributed by atoms with Crippen LogP contribution in [0.3, 0.4) is 0 Å². The van der Waals surface area contributed by atoms with E-state index in [9.17, 15) is 9.59 Å². The lowest BCUT2D eigenvalue weighted by Gasteiger charge is -2.58. The minimum absolute atomic E-state index is 0.0392. The molecule has 0 aromatic carbocycles. The second-order valence-electron chi connectivity index (χ2n) is 9.22. The monoisotopic (exact) mass is 389 g/mol. The van der Waals surface area contributed by atoms with Gasteiger partial charge in [0.1, 0.15) is 6.10 Å². The third-order valence-corrected chi connectivity index (χ3v) is 8.50. The van der Waals surface area contributed by atoms with Gasteiger partial charge >= 0.3 is 6.09 Å². The molecule has 1 saturated heterocycles. The van der Waals surface area contributed by atoms with E-state index < -0.39 is 0 Å². The molecule has 146 valence electrons. The molecule has 6 atom stereocenters. The Morgan fingerprint density at radius 2 is 2.04 bits per heavy atom. The first-order valence-electron chi connectivity index (χ1n) is 10.1. The molecule has 4 bridgehead atoms. The number of primary amides is 1. The van der Waals surface area contributed by atoms with Crippen LogP contribution in [-0.2, 0) is 9.53 Å². The van der Waals surface area contributed by atoms with Gasteiger partial charge in [-0.25, -0.2) is 9.78 Å². The molecule has 7 heteroatoms. The summed E-state index contributed by atoms with van der Waals surface area (Å²) in [4.78, 5) is 31.3. The summed E-state index contributed by atoms with van der Waals surface area (Å²) in [5, 5.41) is 3.19. The summed E-state index contributed by atoms with van der Waals surface area (Å²) < 4.78 is 6.04. The standard InChI is InChI=1S/C20H27N3O3S/c1-11-10-27-17(22-11)13-2-3-23(9-13)19(25)26-16-14-4-12-5-15(16)8-20(6-12,7-14)18(21)24/h10,12-16H,2-9H2,1H3,(H2,21,24)/t12?,13?,14-,15?,16?,20?/m1/s1. The molecule has 5 unspecified atom stereocenters. The van der Waals surface area contributed by atoms with Gasteiger partial charge in [0.15, 0.2) is 0 Å². The number of amides is 2. The fourth-order valence-electron chi connectivity index (χ4n) is 6.35. The Labute approximate surface area is 163 Å². The van der Waals surface area contributed by atoms with Gasteiger partial charge in [-0.2, -0.15) is 0 Å². The molecule has 6 nitrogen and oxygen atoms in total. The van der Waals surface area contributed by atoms with E-state index in [2.05, 4.69) is 10.4 Å². The minimum Gasteiger partial charge on any atom is -0.446 e. The first-order valence-corrected chi connectivity index (χ1v) is 11.0. The number of nitrogens with two attached hydrogens (primary N) is 1. The highest BCUT2D eigenvalue weighted by atomic mass is 32.1. The molecule has 0 radical (unpaired) electrons. The Morgan fingerprint density at radius 1 is 1.30 bits per heavy atom. The van der Waals surface area contributed by atoms with Crippen molar-refractivity contribution in [1.29, 1.82) is 0 Å². The van der Waals surface area contributed by atoms with Gasteiger partial charge in [0.25, 0.3) is 0 Å². The Hall–Kier alpha value is -1.63. The first-order chi connectivity index (χ1) is 12.9. The number of ether oxygens (including phenoxy) is 1. The fraction of sp³-hybridized carbons (Fsp3) is 0.750. The van der Waals surface area contributed by atoms with Gasteiger partial charge in [-0.3, -0.25) is 4.79 Å². The van der Waals surface area contributed by atoms with Crippen LogP contribution < -0.4 is 5.73 Å². The van der Waals surface area contributed by atoms with Crippen LogP contribution in [-0.4, -0.2) is 41.1 Å². The van der Waals surface area contributed by atoms with Gasteiger partial charge in [0, 0.05) is 30.1 Å². The first kappa shape index (κ1) is 17.5. The highest BCUT2D eigenvalue weighted by molar-refractivity contribution is 7.09. The lowest BCUT2D eigenvalue weighted by molar-refractivity contribution is -0.161. The van der Waals surface area contributed by atoms with Gasteiger partial charge in [0.2, 0.25) is 5.91 Å². The third kappa shape index (κ3) is 2.85. The smallest absolute Gasteiger partial charge is 0.410 e. The number of aryl methyl sites for hydroxylation is 1. The number of carbonyl (C=O) groups is 2. The largest absolute Gasteiger partial charge is 0.446 e. The Bertz CT molecular complexity index is 762. The second-order valence-corrected chi connectivity index (χ2v) is 10.1. The van der Waals surface area contributed by atoms with Crippen LogP contribution >= 0.6 is 11.3 Å². The van der Waals surface area contributed by atoms with Crippen LogP contribution in [0.2, 0.25) is 0 Å². The molecule has 5 fully saturated rings. The van der Waals surface area contributed by atoms with Gasteiger partial charge in [-0.05, 0) is 63.2 Å². The van der Waals surface area contributed by atoms with Crippen molar-refractivity contribution >= 4 is 23.3 Å². The maximum atomic E-state index is 12.8. The van der Waals surface area contributed by atoms with E-state index in [1.165, 1.54) is 0 Å². The molecule has 2 N–H and O–H groups in total. The van der Waals surface area contributed by atoms with Crippen molar-refractivity contribution < 1.29 is 14.3 Å². The zero-order chi connectivity index (χ0) is 18.8. The molecule has 5 aliphatic rings. The average Bonchev–Trinajstić information content (AvgIpc) is 3.26. The lowest BCUT2D eigenvalue weighted by Crippen LogP contribution is -2.59. The summed E-state index contributed by atoms with van der Waals surface area (Å²) in [7, 11) is 0. The van der Waals surface area contributed by atoms with Crippen molar-refractivity contribution in [3.05, 3.63) is 16.1 Å². The van der Waals surface area contributed by atoms with Gasteiger partial charge in [-0.15, -0.1) is 11.3 Å². The summed E-state index contributed by atoms with van der Waals surface area (Å²) in [6, 6.07) is 0. The molecule has 6 rings (SSSR count). The molecule has 1 aromatic rings. The van der Waals surface area contributed by atoms with Crippen molar-refractivity contribution in [2.45, 2.75) is 57.5 Å². The zero-order valence-electron chi connectivity index (χ0n) is 15.7. The average molecular weight is 390 g/mol. The zero-order valence-corrected chi connectivity index (χ0v) is 16.5. The molecule has 1 aliphatic heterocycles. The summed E-state index contributed by atoms with van der Waals surface area (Å²) in [5.41, 5.74) is 6.47. The van der Waals surface area contributed by atoms with Crippen molar-refractivity contribution in [3.63, 3.8) is 0 Å². The number of likely N-dealkylation sites (tertiary alicyclic amines) is 1. The molecule has 27 heavy (non-hydrogen) atoms. The number of hydrogen-bond acceptors (Lipinski definition) is 5. The maximum absolute atomic E-state index is 12.8. The van der Waals surface area contributed by atoms with Crippen LogP contribution in [0.5, 0.6) is 0 Å². The SMILES string of the molecule is Cc1csc(C2CCN(C(=O)OC3C4CC5C[C@@H]3CC(C(N)=O)(C5)C4)C2)n1. The third-order valence-electron chi connectivity index (χ3n) is 7.38. The van der Waals surface area contributed by atoms with Crippen LogP contribution in [0.4, 0.5) is 4.79 Å². The number of aromatic nitrogens is 1. The van der Waals surface area contributed by atoms with E-state index in [1.54, 1.807) is 11.3 Å². The van der Waals surface area contributed by atoms with Crippen LogP contribution in [0.25, 0.3) is 0 Å². The van der Waals surface area contributed by atoms with E-state index in [0.29, 0.717) is 30.2 Å². The van der Waals surface area contributed by atoms with Crippen LogP contribution in [0.15, 0.2) is 5.38 Å².